The van der Waals surface area contributed by atoms with E-state index in [1.165, 1.54) is 6.42 Å². The fourth-order valence-corrected chi connectivity index (χ4v) is 3.80. The minimum atomic E-state index is -0.545. The van der Waals surface area contributed by atoms with Crippen molar-refractivity contribution in [2.24, 2.45) is 5.73 Å². The molecule has 2 bridgehead atoms. The van der Waals surface area contributed by atoms with Gasteiger partial charge in [0.05, 0.1) is 5.56 Å². The number of hydrogen-bond acceptors (Lipinski definition) is 4. The summed E-state index contributed by atoms with van der Waals surface area (Å²) in [5.74, 6) is 0.312. The van der Waals surface area contributed by atoms with Gasteiger partial charge in [0.2, 0.25) is 0 Å². The van der Waals surface area contributed by atoms with E-state index in [2.05, 4.69) is 10.6 Å². The summed E-state index contributed by atoms with van der Waals surface area (Å²) >= 11 is 0. The zero-order valence-corrected chi connectivity index (χ0v) is 14.3. The Hall–Kier alpha value is -2.86. The van der Waals surface area contributed by atoms with Crippen molar-refractivity contribution in [3.8, 4) is 11.5 Å². The molecule has 6 heteroatoms. The van der Waals surface area contributed by atoms with Crippen molar-refractivity contribution in [2.75, 3.05) is 0 Å². The first-order valence-electron chi connectivity index (χ1n) is 8.84. The zero-order valence-electron chi connectivity index (χ0n) is 14.3. The van der Waals surface area contributed by atoms with Crippen LogP contribution >= 0.6 is 0 Å². The Kier molecular flexibility index (Phi) is 4.34. The molecular weight excluding hydrogens is 330 g/mol. The van der Waals surface area contributed by atoms with Gasteiger partial charge in [-0.25, -0.2) is 0 Å². The van der Waals surface area contributed by atoms with Crippen molar-refractivity contribution in [1.29, 1.82) is 0 Å². The highest BCUT2D eigenvalue weighted by Gasteiger charge is 2.39. The van der Waals surface area contributed by atoms with E-state index in [9.17, 15) is 9.59 Å². The molecule has 4 N–H and O–H groups in total. The molecule has 0 aliphatic carbocycles. The van der Waals surface area contributed by atoms with Crippen molar-refractivity contribution >= 4 is 11.8 Å². The molecule has 134 valence electrons. The summed E-state index contributed by atoms with van der Waals surface area (Å²) in [5.41, 5.74) is 6.26. The van der Waals surface area contributed by atoms with Gasteiger partial charge in [-0.05, 0) is 55.7 Å². The van der Waals surface area contributed by atoms with E-state index in [1.807, 2.05) is 0 Å². The zero-order chi connectivity index (χ0) is 18.1. The van der Waals surface area contributed by atoms with Crippen molar-refractivity contribution in [3.63, 3.8) is 0 Å². The minimum absolute atomic E-state index is 0.0755. The van der Waals surface area contributed by atoms with Gasteiger partial charge in [-0.3, -0.25) is 9.59 Å². The lowest BCUT2D eigenvalue weighted by molar-refractivity contribution is 0.0930. The van der Waals surface area contributed by atoms with Gasteiger partial charge in [0.1, 0.15) is 11.5 Å². The van der Waals surface area contributed by atoms with Crippen molar-refractivity contribution in [3.05, 3.63) is 59.7 Å². The van der Waals surface area contributed by atoms with E-state index < -0.39 is 5.91 Å². The molecule has 2 fully saturated rings. The second-order valence-corrected chi connectivity index (χ2v) is 6.85. The van der Waals surface area contributed by atoms with Crippen LogP contribution in [0, 0.1) is 0 Å². The van der Waals surface area contributed by atoms with Gasteiger partial charge in [0.25, 0.3) is 11.8 Å². The van der Waals surface area contributed by atoms with Gasteiger partial charge < -0.3 is 21.1 Å². The first-order chi connectivity index (χ1) is 12.6. The largest absolute Gasteiger partial charge is 0.457 e. The molecule has 2 amide bonds. The molecule has 2 aromatic carbocycles. The number of para-hydroxylation sites is 1. The number of fused-ring (bicyclic) bond motifs is 2. The normalized spacial score (nSPS) is 23.6. The monoisotopic (exact) mass is 351 g/mol. The van der Waals surface area contributed by atoms with Crippen LogP contribution in [0.1, 0.15) is 40.0 Å². The molecule has 6 nitrogen and oxygen atoms in total. The number of benzene rings is 2. The smallest absolute Gasteiger partial charge is 0.252 e. The molecule has 0 aromatic heterocycles. The summed E-state index contributed by atoms with van der Waals surface area (Å²) in [6.07, 6.45) is 3.33. The number of hydrogen-bond donors (Lipinski definition) is 3. The lowest BCUT2D eigenvalue weighted by atomic mass is 9.95. The number of nitrogens with one attached hydrogen (secondary N) is 2. The van der Waals surface area contributed by atoms with Crippen molar-refractivity contribution < 1.29 is 14.3 Å². The number of carbonyl (C=O) groups excluding carboxylic acids is 2. The fraction of sp³-hybridized carbons (Fsp3) is 0.300. The molecule has 0 spiro atoms. The van der Waals surface area contributed by atoms with Crippen LogP contribution < -0.4 is 21.1 Å². The number of nitrogens with two attached hydrogens (primary N) is 1. The molecule has 2 aliphatic rings. The lowest BCUT2D eigenvalue weighted by Gasteiger charge is -2.21. The maximum atomic E-state index is 12.4. The molecule has 2 aromatic rings. The molecule has 26 heavy (non-hydrogen) atoms. The van der Waals surface area contributed by atoms with E-state index in [0.29, 0.717) is 34.7 Å². The predicted octanol–water partition coefficient (Wildman–Crippen LogP) is 2.20. The van der Waals surface area contributed by atoms with Crippen LogP contribution in [0.15, 0.2) is 48.5 Å². The van der Waals surface area contributed by atoms with Crippen LogP contribution in [0.3, 0.4) is 0 Å². The number of carbonyl (C=O) groups is 2. The Balaban J connectivity index is 1.42. The predicted molar refractivity (Wildman–Crippen MR) is 97.3 cm³/mol. The Bertz CT molecular complexity index is 834. The highest BCUT2D eigenvalue weighted by Crippen LogP contribution is 2.29. The molecule has 0 unspecified atom stereocenters. The van der Waals surface area contributed by atoms with Crippen LogP contribution in [0.5, 0.6) is 11.5 Å². The molecule has 2 heterocycles. The molecule has 0 radical (unpaired) electrons. The summed E-state index contributed by atoms with van der Waals surface area (Å²) in [6, 6.07) is 14.8. The maximum absolute atomic E-state index is 12.4. The molecule has 3 atom stereocenters. The van der Waals surface area contributed by atoms with Gasteiger partial charge in [-0.15, -0.1) is 0 Å². The molecular formula is C20H21N3O3. The lowest BCUT2D eigenvalue weighted by Crippen LogP contribution is -2.42. The summed E-state index contributed by atoms with van der Waals surface area (Å²) in [6.45, 7) is 0. The fourth-order valence-electron chi connectivity index (χ4n) is 3.80. The first kappa shape index (κ1) is 16.6. The average Bonchev–Trinajstić information content (AvgIpc) is 3.25. The van der Waals surface area contributed by atoms with Crippen molar-refractivity contribution in [1.82, 2.24) is 10.6 Å². The third-order valence-electron chi connectivity index (χ3n) is 5.11. The Morgan fingerprint density at radius 2 is 1.85 bits per heavy atom. The van der Waals surface area contributed by atoms with Gasteiger partial charge in [-0.2, -0.15) is 0 Å². The Morgan fingerprint density at radius 1 is 1.08 bits per heavy atom. The third kappa shape index (κ3) is 3.28. The topological polar surface area (TPSA) is 93.5 Å². The summed E-state index contributed by atoms with van der Waals surface area (Å²) in [4.78, 5) is 23.9. The highest BCUT2D eigenvalue weighted by atomic mass is 16.5. The van der Waals surface area contributed by atoms with Crippen LogP contribution in [0.2, 0.25) is 0 Å². The van der Waals surface area contributed by atoms with Crippen molar-refractivity contribution in [2.45, 2.75) is 37.4 Å². The number of ether oxygens (including phenoxy) is 1. The summed E-state index contributed by atoms with van der Waals surface area (Å²) < 4.78 is 5.74. The van der Waals surface area contributed by atoms with Gasteiger partial charge in [-0.1, -0.05) is 12.1 Å². The van der Waals surface area contributed by atoms with E-state index in [-0.39, 0.29) is 11.9 Å². The van der Waals surface area contributed by atoms with E-state index in [4.69, 9.17) is 10.5 Å². The molecule has 2 saturated heterocycles. The second kappa shape index (κ2) is 6.80. The average molecular weight is 351 g/mol. The van der Waals surface area contributed by atoms with E-state index in [1.54, 1.807) is 48.5 Å². The molecule has 4 rings (SSSR count). The Labute approximate surface area is 151 Å². The van der Waals surface area contributed by atoms with Gasteiger partial charge >= 0.3 is 0 Å². The van der Waals surface area contributed by atoms with Gasteiger partial charge in [0.15, 0.2) is 0 Å². The standard InChI is InChI=1S/C20H21N3O3/c21-19(24)15-3-1-2-4-18(15)26-14-8-5-12(6-9-14)20(25)23-17-11-13-7-10-16(17)22-13/h1-6,8-9,13,16-17,22H,7,10-11H2,(H2,21,24)(H,23,25)/t13-,16+,17-/m1/s1. The maximum Gasteiger partial charge on any atom is 0.252 e. The molecule has 0 saturated carbocycles. The summed E-state index contributed by atoms with van der Waals surface area (Å²) in [5, 5.41) is 6.63. The molecule has 2 aliphatic heterocycles. The first-order valence-corrected chi connectivity index (χ1v) is 8.84. The number of rotatable bonds is 5. The van der Waals surface area contributed by atoms with Crippen LogP contribution in [0.25, 0.3) is 0 Å². The van der Waals surface area contributed by atoms with Gasteiger partial charge in [0, 0.05) is 23.7 Å². The SMILES string of the molecule is NC(=O)c1ccccc1Oc1ccc(C(=O)N[C@@H]2C[C@H]3CC[C@@H]2N3)cc1. The van der Waals surface area contributed by atoms with E-state index >= 15 is 0 Å². The van der Waals surface area contributed by atoms with E-state index in [0.717, 1.165) is 12.8 Å². The second-order valence-electron chi connectivity index (χ2n) is 6.85. The number of amides is 2. The quantitative estimate of drug-likeness (QED) is 0.770. The summed E-state index contributed by atoms with van der Waals surface area (Å²) in [7, 11) is 0. The third-order valence-corrected chi connectivity index (χ3v) is 5.11. The Morgan fingerprint density at radius 3 is 2.50 bits per heavy atom. The highest BCUT2D eigenvalue weighted by molar-refractivity contribution is 5.96. The van der Waals surface area contributed by atoms with Crippen LogP contribution in [-0.2, 0) is 0 Å². The van der Waals surface area contributed by atoms with Crippen LogP contribution in [0.4, 0.5) is 0 Å². The minimum Gasteiger partial charge on any atom is -0.457 e. The van der Waals surface area contributed by atoms with Crippen LogP contribution in [-0.4, -0.2) is 29.9 Å². The number of primary amides is 1.